The highest BCUT2D eigenvalue weighted by molar-refractivity contribution is 5.75. The van der Waals surface area contributed by atoms with Crippen LogP contribution in [0.3, 0.4) is 0 Å². The summed E-state index contributed by atoms with van der Waals surface area (Å²) in [5, 5.41) is 8.35. The van der Waals surface area contributed by atoms with Gasteiger partial charge in [-0.1, -0.05) is 13.3 Å². The minimum atomic E-state index is -4.94. The Morgan fingerprint density at radius 1 is 1.54 bits per heavy atom. The summed E-state index contributed by atoms with van der Waals surface area (Å²) in [6.45, 7) is 1.70. The molecule has 0 fully saturated rings. The van der Waals surface area contributed by atoms with Gasteiger partial charge < -0.3 is 9.84 Å². The van der Waals surface area contributed by atoms with Crippen LogP contribution >= 0.6 is 0 Å². The zero-order chi connectivity index (χ0) is 10.5. The highest BCUT2D eigenvalue weighted by atomic mass is 19.4. The minimum Gasteiger partial charge on any atom is -0.464 e. The van der Waals surface area contributed by atoms with Crippen LogP contribution < -0.4 is 0 Å². The number of ether oxygens (including phenoxy) is 1. The number of unbranched alkanes of at least 4 members (excludes halogenated alkanes) is 1. The SMILES string of the molecule is CCCCOC(=O)[C@H](O)C(F)(F)F. The molecule has 0 aliphatic carbocycles. The van der Waals surface area contributed by atoms with E-state index in [1.54, 1.807) is 6.92 Å². The van der Waals surface area contributed by atoms with Crippen LogP contribution in [0.25, 0.3) is 0 Å². The second kappa shape index (κ2) is 5.06. The number of halogens is 3. The zero-order valence-corrected chi connectivity index (χ0v) is 7.10. The van der Waals surface area contributed by atoms with Crippen molar-refractivity contribution in [1.29, 1.82) is 0 Å². The maximum atomic E-state index is 11.7. The lowest BCUT2D eigenvalue weighted by Crippen LogP contribution is -2.37. The summed E-state index contributed by atoms with van der Waals surface area (Å²) in [7, 11) is 0. The molecular formula is C7H11F3O3. The van der Waals surface area contributed by atoms with Crippen molar-refractivity contribution in [2.24, 2.45) is 0 Å². The smallest absolute Gasteiger partial charge is 0.425 e. The molecule has 0 saturated heterocycles. The minimum absolute atomic E-state index is 0.0948. The molecule has 0 saturated carbocycles. The van der Waals surface area contributed by atoms with E-state index in [-0.39, 0.29) is 6.61 Å². The Morgan fingerprint density at radius 3 is 2.46 bits per heavy atom. The number of hydrogen-bond donors (Lipinski definition) is 1. The van der Waals surface area contributed by atoms with Crippen LogP contribution in [0.1, 0.15) is 19.8 Å². The molecule has 0 aromatic heterocycles. The number of aliphatic hydroxyl groups excluding tert-OH is 1. The summed E-state index contributed by atoms with van der Waals surface area (Å²) in [5.74, 6) is -1.64. The zero-order valence-electron chi connectivity index (χ0n) is 7.10. The lowest BCUT2D eigenvalue weighted by atomic mass is 10.3. The van der Waals surface area contributed by atoms with Crippen molar-refractivity contribution >= 4 is 5.97 Å². The van der Waals surface area contributed by atoms with Gasteiger partial charge in [0.1, 0.15) is 0 Å². The molecule has 1 atom stereocenters. The van der Waals surface area contributed by atoms with Gasteiger partial charge in [0.15, 0.2) is 0 Å². The van der Waals surface area contributed by atoms with Crippen molar-refractivity contribution in [2.75, 3.05) is 6.61 Å². The quantitative estimate of drug-likeness (QED) is 0.548. The fraction of sp³-hybridized carbons (Fsp3) is 0.857. The summed E-state index contributed by atoms with van der Waals surface area (Å²) >= 11 is 0. The summed E-state index contributed by atoms with van der Waals surface area (Å²) < 4.78 is 39.1. The van der Waals surface area contributed by atoms with Crippen molar-refractivity contribution in [1.82, 2.24) is 0 Å². The van der Waals surface area contributed by atoms with Gasteiger partial charge in [0.2, 0.25) is 6.10 Å². The van der Waals surface area contributed by atoms with E-state index in [0.29, 0.717) is 12.8 Å². The van der Waals surface area contributed by atoms with Gasteiger partial charge in [0, 0.05) is 0 Å². The normalized spacial score (nSPS) is 13.9. The molecule has 0 amide bonds. The molecule has 13 heavy (non-hydrogen) atoms. The standard InChI is InChI=1S/C7H11F3O3/c1-2-3-4-13-6(12)5(11)7(8,9)10/h5,11H,2-4H2,1H3/t5-/m0/s1. The molecule has 0 aromatic carbocycles. The van der Waals surface area contributed by atoms with Crippen LogP contribution in [-0.2, 0) is 9.53 Å². The average molecular weight is 200 g/mol. The first-order valence-corrected chi connectivity index (χ1v) is 3.81. The first-order valence-electron chi connectivity index (χ1n) is 3.81. The Bertz CT molecular complexity index is 167. The van der Waals surface area contributed by atoms with Crippen molar-refractivity contribution in [3.8, 4) is 0 Å². The Labute approximate surface area is 73.5 Å². The first kappa shape index (κ1) is 12.2. The fourth-order valence-corrected chi connectivity index (χ4v) is 0.530. The predicted octanol–water partition coefficient (Wildman–Crippen LogP) is 1.25. The molecule has 78 valence electrons. The Hall–Kier alpha value is -0.780. The lowest BCUT2D eigenvalue weighted by molar-refractivity contribution is -0.218. The number of rotatable bonds is 4. The fourth-order valence-electron chi connectivity index (χ4n) is 0.530. The van der Waals surface area contributed by atoms with E-state index >= 15 is 0 Å². The summed E-state index contributed by atoms with van der Waals surface area (Å²) in [6, 6.07) is 0. The highest BCUT2D eigenvalue weighted by Gasteiger charge is 2.44. The van der Waals surface area contributed by atoms with Crippen LogP contribution in [-0.4, -0.2) is 30.0 Å². The topological polar surface area (TPSA) is 46.5 Å². The van der Waals surface area contributed by atoms with Gasteiger partial charge >= 0.3 is 12.1 Å². The number of carbonyl (C=O) groups is 1. The van der Waals surface area contributed by atoms with Crippen LogP contribution in [0.5, 0.6) is 0 Å². The van der Waals surface area contributed by atoms with Gasteiger partial charge in [-0.2, -0.15) is 13.2 Å². The number of esters is 1. The van der Waals surface area contributed by atoms with Crippen LogP contribution in [0, 0.1) is 0 Å². The third-order valence-corrected chi connectivity index (χ3v) is 1.28. The molecule has 0 spiro atoms. The summed E-state index contributed by atoms with van der Waals surface area (Å²) in [5.41, 5.74) is 0. The molecule has 0 unspecified atom stereocenters. The molecule has 3 nitrogen and oxygen atoms in total. The van der Waals surface area contributed by atoms with Crippen molar-refractivity contribution in [3.63, 3.8) is 0 Å². The van der Waals surface area contributed by atoms with Gasteiger partial charge in [-0.3, -0.25) is 0 Å². The molecule has 0 aliphatic rings. The third-order valence-electron chi connectivity index (χ3n) is 1.28. The monoisotopic (exact) mass is 200 g/mol. The van der Waals surface area contributed by atoms with Gasteiger partial charge in [0.05, 0.1) is 6.61 Å². The predicted molar refractivity (Wildman–Crippen MR) is 37.9 cm³/mol. The van der Waals surface area contributed by atoms with E-state index in [0.717, 1.165) is 0 Å². The molecule has 0 bridgehead atoms. The maximum Gasteiger partial charge on any atom is 0.425 e. The van der Waals surface area contributed by atoms with Gasteiger partial charge in [0.25, 0.3) is 0 Å². The Balaban J connectivity index is 3.84. The second-order valence-electron chi connectivity index (χ2n) is 2.47. The van der Waals surface area contributed by atoms with Crippen molar-refractivity contribution < 1.29 is 27.8 Å². The van der Waals surface area contributed by atoms with E-state index in [2.05, 4.69) is 4.74 Å². The van der Waals surface area contributed by atoms with Crippen molar-refractivity contribution in [2.45, 2.75) is 32.0 Å². The second-order valence-corrected chi connectivity index (χ2v) is 2.47. The van der Waals surface area contributed by atoms with Crippen LogP contribution in [0.15, 0.2) is 0 Å². The molecule has 0 aliphatic heterocycles. The van der Waals surface area contributed by atoms with Crippen LogP contribution in [0.4, 0.5) is 13.2 Å². The summed E-state index contributed by atoms with van der Waals surface area (Å²) in [4.78, 5) is 10.5. The van der Waals surface area contributed by atoms with Gasteiger partial charge in [-0.25, -0.2) is 4.79 Å². The van der Waals surface area contributed by atoms with Crippen LogP contribution in [0.2, 0.25) is 0 Å². The number of hydrogen-bond acceptors (Lipinski definition) is 3. The Kier molecular flexibility index (Phi) is 4.76. The largest absolute Gasteiger partial charge is 0.464 e. The third kappa shape index (κ3) is 4.72. The lowest BCUT2D eigenvalue weighted by Gasteiger charge is -2.12. The van der Waals surface area contributed by atoms with E-state index in [1.165, 1.54) is 0 Å². The molecule has 6 heteroatoms. The molecule has 0 aromatic rings. The highest BCUT2D eigenvalue weighted by Crippen LogP contribution is 2.20. The number of carbonyl (C=O) groups excluding carboxylic acids is 1. The van der Waals surface area contributed by atoms with E-state index in [1.807, 2.05) is 0 Å². The van der Waals surface area contributed by atoms with Crippen molar-refractivity contribution in [3.05, 3.63) is 0 Å². The molecular weight excluding hydrogens is 189 g/mol. The molecule has 0 radical (unpaired) electrons. The van der Waals surface area contributed by atoms with E-state index in [9.17, 15) is 18.0 Å². The number of alkyl halides is 3. The molecule has 0 rings (SSSR count). The molecule has 0 heterocycles. The van der Waals surface area contributed by atoms with Gasteiger partial charge in [-0.05, 0) is 6.42 Å². The van der Waals surface area contributed by atoms with E-state index in [4.69, 9.17) is 5.11 Å². The van der Waals surface area contributed by atoms with E-state index < -0.39 is 18.2 Å². The molecule has 1 N–H and O–H groups in total. The average Bonchev–Trinajstić information content (AvgIpc) is 2.01. The maximum absolute atomic E-state index is 11.7. The Morgan fingerprint density at radius 2 is 2.08 bits per heavy atom. The summed E-state index contributed by atoms with van der Waals surface area (Å²) in [6.07, 6.45) is -6.78. The van der Waals surface area contributed by atoms with Gasteiger partial charge in [-0.15, -0.1) is 0 Å². The number of aliphatic hydroxyl groups is 1. The first-order chi connectivity index (χ1) is 5.89.